The van der Waals surface area contributed by atoms with Crippen molar-refractivity contribution in [3.8, 4) is 11.5 Å². The number of aliphatic hydroxyl groups excluding tert-OH is 1. The summed E-state index contributed by atoms with van der Waals surface area (Å²) in [6.07, 6.45) is 2.77. The SMILES string of the molecule is COc1ccc2c3c(n(C)c2c1)[C@H](CO)N(Cc1ccccc1OC)CC31CN(CC2CC2)C1. The van der Waals surface area contributed by atoms with Crippen molar-refractivity contribution in [3.63, 3.8) is 0 Å². The van der Waals surface area contributed by atoms with Crippen molar-refractivity contribution in [1.29, 1.82) is 0 Å². The molecule has 2 aliphatic heterocycles. The Balaban J connectivity index is 1.45. The highest BCUT2D eigenvalue weighted by Crippen LogP contribution is 2.50. The molecule has 1 saturated carbocycles. The van der Waals surface area contributed by atoms with Crippen molar-refractivity contribution in [2.75, 3.05) is 47.0 Å². The molecule has 1 spiro atoms. The van der Waals surface area contributed by atoms with E-state index in [4.69, 9.17) is 9.47 Å². The highest BCUT2D eigenvalue weighted by Gasteiger charge is 2.53. The average Bonchev–Trinajstić information content (AvgIpc) is 3.61. The molecule has 0 amide bonds. The average molecular weight is 462 g/mol. The van der Waals surface area contributed by atoms with Crippen LogP contribution in [-0.2, 0) is 19.0 Å². The van der Waals surface area contributed by atoms with E-state index < -0.39 is 0 Å². The second-order valence-electron chi connectivity index (χ2n) is 10.5. The Morgan fingerprint density at radius 3 is 2.53 bits per heavy atom. The van der Waals surface area contributed by atoms with E-state index in [2.05, 4.69) is 51.7 Å². The molecule has 6 nitrogen and oxygen atoms in total. The van der Waals surface area contributed by atoms with Crippen molar-refractivity contribution in [2.45, 2.75) is 30.8 Å². The third kappa shape index (κ3) is 3.43. The summed E-state index contributed by atoms with van der Waals surface area (Å²) in [6.45, 7) is 5.18. The van der Waals surface area contributed by atoms with Crippen LogP contribution in [0.5, 0.6) is 11.5 Å². The van der Waals surface area contributed by atoms with Crippen molar-refractivity contribution in [3.05, 3.63) is 59.3 Å². The molecule has 1 aromatic heterocycles. The molecule has 1 N–H and O–H groups in total. The standard InChI is InChI=1S/C28H35N3O3/c1-29-23-12-21(33-2)10-11-22(23)26-27(29)24(15-32)31(14-20-6-4-5-7-25(20)34-3)18-28(26)16-30(17-28)13-19-8-9-19/h4-7,10-12,19,24,32H,8-9,13-18H2,1-3H3/t24-/m0/s1. The Hall–Kier alpha value is -2.54. The zero-order valence-electron chi connectivity index (χ0n) is 20.5. The summed E-state index contributed by atoms with van der Waals surface area (Å²) < 4.78 is 13.5. The van der Waals surface area contributed by atoms with Crippen molar-refractivity contribution >= 4 is 10.9 Å². The maximum Gasteiger partial charge on any atom is 0.123 e. The number of likely N-dealkylation sites (tertiary alicyclic amines) is 1. The minimum atomic E-state index is -0.0635. The normalized spacial score (nSPS) is 22.1. The maximum atomic E-state index is 10.7. The molecule has 3 aliphatic rings. The summed E-state index contributed by atoms with van der Waals surface area (Å²) in [5, 5.41) is 12.0. The van der Waals surface area contributed by atoms with Crippen molar-refractivity contribution < 1.29 is 14.6 Å². The topological polar surface area (TPSA) is 50.1 Å². The molecule has 180 valence electrons. The van der Waals surface area contributed by atoms with Crippen LogP contribution in [0, 0.1) is 5.92 Å². The number of aromatic nitrogens is 1. The number of aryl methyl sites for hydroxylation is 1. The number of aliphatic hydroxyl groups is 1. The second-order valence-corrected chi connectivity index (χ2v) is 10.5. The van der Waals surface area contributed by atoms with Gasteiger partial charge in [-0.15, -0.1) is 0 Å². The van der Waals surface area contributed by atoms with E-state index in [1.807, 2.05) is 12.1 Å². The lowest BCUT2D eigenvalue weighted by atomic mass is 9.68. The van der Waals surface area contributed by atoms with Gasteiger partial charge in [0.2, 0.25) is 0 Å². The first-order valence-corrected chi connectivity index (χ1v) is 12.4. The van der Waals surface area contributed by atoms with E-state index in [1.54, 1.807) is 14.2 Å². The molecule has 0 unspecified atom stereocenters. The van der Waals surface area contributed by atoms with Gasteiger partial charge in [-0.05, 0) is 42.5 Å². The van der Waals surface area contributed by atoms with Gasteiger partial charge in [-0.1, -0.05) is 18.2 Å². The predicted octanol–water partition coefficient (Wildman–Crippen LogP) is 3.71. The fourth-order valence-electron chi connectivity index (χ4n) is 6.54. The van der Waals surface area contributed by atoms with E-state index in [0.717, 1.165) is 49.2 Å². The molecular formula is C28H35N3O3. The van der Waals surface area contributed by atoms with Gasteiger partial charge in [-0.2, -0.15) is 0 Å². The van der Waals surface area contributed by atoms with E-state index >= 15 is 0 Å². The van der Waals surface area contributed by atoms with E-state index in [0.29, 0.717) is 0 Å². The monoisotopic (exact) mass is 461 g/mol. The van der Waals surface area contributed by atoms with Gasteiger partial charge in [0.25, 0.3) is 0 Å². The zero-order valence-corrected chi connectivity index (χ0v) is 20.5. The van der Waals surface area contributed by atoms with Crippen LogP contribution >= 0.6 is 0 Å². The number of benzene rings is 2. The Labute approximate surface area is 201 Å². The van der Waals surface area contributed by atoms with Crippen molar-refractivity contribution in [1.82, 2.24) is 14.4 Å². The number of fused-ring (bicyclic) bond motifs is 4. The molecule has 1 aliphatic carbocycles. The van der Waals surface area contributed by atoms with Crippen LogP contribution in [0.4, 0.5) is 0 Å². The summed E-state index contributed by atoms with van der Waals surface area (Å²) in [5.41, 5.74) is 5.11. The summed E-state index contributed by atoms with van der Waals surface area (Å²) in [6, 6.07) is 14.6. The fourth-order valence-corrected chi connectivity index (χ4v) is 6.54. The quantitative estimate of drug-likeness (QED) is 0.581. The highest BCUT2D eigenvalue weighted by atomic mass is 16.5. The van der Waals surface area contributed by atoms with Crippen LogP contribution in [-0.4, -0.2) is 66.5 Å². The van der Waals surface area contributed by atoms with Gasteiger partial charge in [0, 0.05) is 67.9 Å². The molecule has 2 fully saturated rings. The minimum Gasteiger partial charge on any atom is -0.497 e. The molecular weight excluding hydrogens is 426 g/mol. The summed E-state index contributed by atoms with van der Waals surface area (Å²) in [7, 11) is 5.60. The van der Waals surface area contributed by atoms with E-state index in [1.165, 1.54) is 41.5 Å². The lowest BCUT2D eigenvalue weighted by Gasteiger charge is -2.56. The second kappa shape index (κ2) is 8.29. The third-order valence-electron chi connectivity index (χ3n) is 8.25. The minimum absolute atomic E-state index is 0.0635. The van der Waals surface area contributed by atoms with Gasteiger partial charge in [0.05, 0.1) is 32.4 Å². The smallest absolute Gasteiger partial charge is 0.123 e. The van der Waals surface area contributed by atoms with Gasteiger partial charge >= 0.3 is 0 Å². The first kappa shape index (κ1) is 22.0. The number of hydrogen-bond acceptors (Lipinski definition) is 5. The Kier molecular flexibility index (Phi) is 5.36. The van der Waals surface area contributed by atoms with E-state index in [-0.39, 0.29) is 18.1 Å². The summed E-state index contributed by atoms with van der Waals surface area (Å²) in [5.74, 6) is 2.67. The maximum absolute atomic E-state index is 10.7. The number of hydrogen-bond donors (Lipinski definition) is 1. The van der Waals surface area contributed by atoms with Crippen LogP contribution in [0.15, 0.2) is 42.5 Å². The van der Waals surface area contributed by atoms with Crippen LogP contribution in [0.25, 0.3) is 10.9 Å². The highest BCUT2D eigenvalue weighted by molar-refractivity contribution is 5.89. The molecule has 6 heteroatoms. The fraction of sp³-hybridized carbons (Fsp3) is 0.500. The first-order chi connectivity index (χ1) is 16.6. The number of ether oxygens (including phenoxy) is 2. The third-order valence-corrected chi connectivity index (χ3v) is 8.25. The number of methoxy groups -OCH3 is 2. The predicted molar refractivity (Wildman–Crippen MR) is 134 cm³/mol. The van der Waals surface area contributed by atoms with Crippen LogP contribution in [0.2, 0.25) is 0 Å². The van der Waals surface area contributed by atoms with Crippen LogP contribution in [0.3, 0.4) is 0 Å². The van der Waals surface area contributed by atoms with Gasteiger partial charge in [-0.25, -0.2) is 0 Å². The van der Waals surface area contributed by atoms with Gasteiger partial charge in [0.1, 0.15) is 11.5 Å². The summed E-state index contributed by atoms with van der Waals surface area (Å²) >= 11 is 0. The number of nitrogens with zero attached hydrogens (tertiary/aromatic N) is 3. The molecule has 0 radical (unpaired) electrons. The Bertz CT molecular complexity index is 1210. The lowest BCUT2D eigenvalue weighted by molar-refractivity contribution is -0.0112. The Morgan fingerprint density at radius 1 is 1.03 bits per heavy atom. The van der Waals surface area contributed by atoms with Crippen molar-refractivity contribution in [2.24, 2.45) is 13.0 Å². The van der Waals surface area contributed by atoms with Gasteiger partial charge in [-0.3, -0.25) is 4.90 Å². The zero-order chi connectivity index (χ0) is 23.4. The molecule has 2 aromatic carbocycles. The molecule has 1 saturated heterocycles. The van der Waals surface area contributed by atoms with Crippen LogP contribution in [0.1, 0.15) is 35.7 Å². The van der Waals surface area contributed by atoms with Gasteiger partial charge < -0.3 is 24.0 Å². The van der Waals surface area contributed by atoms with Crippen LogP contribution < -0.4 is 9.47 Å². The van der Waals surface area contributed by atoms with E-state index in [9.17, 15) is 5.11 Å². The molecule has 3 aromatic rings. The largest absolute Gasteiger partial charge is 0.497 e. The first-order valence-electron chi connectivity index (χ1n) is 12.4. The molecule has 6 rings (SSSR count). The number of para-hydroxylation sites is 1. The van der Waals surface area contributed by atoms with Gasteiger partial charge in [0.15, 0.2) is 0 Å². The summed E-state index contributed by atoms with van der Waals surface area (Å²) in [4.78, 5) is 5.12. The molecule has 3 heterocycles. The number of rotatable bonds is 7. The lowest BCUT2D eigenvalue weighted by Crippen LogP contribution is -2.66. The molecule has 34 heavy (non-hydrogen) atoms. The molecule has 1 atom stereocenters. The Morgan fingerprint density at radius 2 is 1.82 bits per heavy atom. The molecule has 0 bridgehead atoms.